The van der Waals surface area contributed by atoms with Crippen molar-refractivity contribution in [1.82, 2.24) is 5.32 Å². The molecule has 0 aromatic rings. The summed E-state index contributed by atoms with van der Waals surface area (Å²) in [6.07, 6.45) is 62.3. The number of esters is 1. The lowest BCUT2D eigenvalue weighted by molar-refractivity contribution is -0.870. The predicted octanol–water partition coefficient (Wildman–Crippen LogP) is 15.4. The maximum atomic E-state index is 13.4. The molecule has 68 heavy (non-hydrogen) atoms. The van der Waals surface area contributed by atoms with Crippen molar-refractivity contribution in [3.63, 3.8) is 0 Å². The Balaban J connectivity index is 5.53. The highest BCUT2D eigenvalue weighted by Crippen LogP contribution is 2.38. The van der Waals surface area contributed by atoms with E-state index in [1.807, 2.05) is 88.0 Å². The van der Waals surface area contributed by atoms with Crippen LogP contribution in [0, 0.1) is 0 Å². The van der Waals surface area contributed by atoms with Crippen molar-refractivity contribution in [2.75, 3.05) is 40.9 Å². The maximum absolute atomic E-state index is 13.4. The Bertz CT molecular complexity index is 1490. The van der Waals surface area contributed by atoms with E-state index in [1.165, 1.54) is 89.9 Å². The number of nitrogens with one attached hydrogen (secondary N) is 1. The highest BCUT2D eigenvalue weighted by Gasteiger charge is 2.27. The van der Waals surface area contributed by atoms with Gasteiger partial charge in [-0.3, -0.25) is 14.2 Å². The number of carbonyl (C=O) groups is 2. The summed E-state index contributed by atoms with van der Waals surface area (Å²) >= 11 is 0. The van der Waals surface area contributed by atoms with Crippen LogP contribution in [0.25, 0.3) is 0 Å². The minimum atomic E-state index is -4.71. The van der Waals surface area contributed by atoms with Gasteiger partial charge >= 0.3 is 5.97 Å². The Morgan fingerprint density at radius 1 is 0.529 bits per heavy atom. The van der Waals surface area contributed by atoms with Gasteiger partial charge in [0, 0.05) is 12.8 Å². The molecule has 0 saturated heterocycles. The number of likely N-dealkylation sites (N-methyl/N-ethyl adjacent to an activating group) is 1. The number of phosphoric acid groups is 1. The number of quaternary nitrogens is 1. The van der Waals surface area contributed by atoms with Gasteiger partial charge in [-0.05, 0) is 76.7 Å². The third-order valence-electron chi connectivity index (χ3n) is 11.4. The molecule has 3 unspecified atom stereocenters. The Kier molecular flexibility index (Phi) is 45.5. The summed E-state index contributed by atoms with van der Waals surface area (Å²) in [4.78, 5) is 39.7. The van der Waals surface area contributed by atoms with Crippen molar-refractivity contribution in [2.24, 2.45) is 0 Å². The van der Waals surface area contributed by atoms with E-state index in [0.717, 1.165) is 70.6 Å². The molecule has 0 spiro atoms. The first kappa shape index (κ1) is 64.9. The predicted molar refractivity (Wildman–Crippen MR) is 288 cm³/mol. The van der Waals surface area contributed by atoms with Crippen LogP contribution in [0.4, 0.5) is 0 Å². The zero-order valence-electron chi connectivity index (χ0n) is 44.3. The molecule has 390 valence electrons. The fourth-order valence-electron chi connectivity index (χ4n) is 7.19. The van der Waals surface area contributed by atoms with Gasteiger partial charge in [-0.25, -0.2) is 0 Å². The van der Waals surface area contributed by atoms with E-state index in [2.05, 4.69) is 50.4 Å². The first-order valence-electron chi connectivity index (χ1n) is 27.1. The lowest BCUT2D eigenvalue weighted by Gasteiger charge is -2.30. The van der Waals surface area contributed by atoms with Crippen LogP contribution in [-0.4, -0.2) is 69.4 Å². The molecule has 0 heterocycles. The van der Waals surface area contributed by atoms with Crippen molar-refractivity contribution in [3.05, 3.63) is 97.2 Å². The lowest BCUT2D eigenvalue weighted by Crippen LogP contribution is -2.47. The number of carbonyl (C=O) groups excluding carboxylic acids is 2. The van der Waals surface area contributed by atoms with Crippen LogP contribution >= 0.6 is 7.82 Å². The van der Waals surface area contributed by atoms with Crippen LogP contribution in [0.2, 0.25) is 0 Å². The van der Waals surface area contributed by atoms with Crippen molar-refractivity contribution in [1.29, 1.82) is 0 Å². The monoisotopic (exact) mass is 969 g/mol. The molecule has 0 aromatic carbocycles. The molecule has 1 N–H and O–H groups in total. The molecule has 9 nitrogen and oxygen atoms in total. The molecule has 0 saturated carbocycles. The third kappa shape index (κ3) is 48.0. The SMILES string of the molecule is CC\C=C/C=C/C=C/C=C\C=C\C=C\CCCCCC(=O)OC(/C=C/CCCCCCCCCCCC)C(COP(=O)([O-])OCC[N+](C)(C)C)NC(=O)CCCCC/C=C\CCCCCCCC. The van der Waals surface area contributed by atoms with E-state index in [0.29, 0.717) is 23.9 Å². The molecule has 0 aliphatic rings. The molecule has 0 aromatic heterocycles. The van der Waals surface area contributed by atoms with Crippen molar-refractivity contribution in [3.8, 4) is 0 Å². The van der Waals surface area contributed by atoms with Crippen LogP contribution in [0.15, 0.2) is 97.2 Å². The summed E-state index contributed by atoms with van der Waals surface area (Å²) in [6, 6.07) is -0.918. The number of rotatable bonds is 47. The number of nitrogens with zero attached hydrogens (tertiary/aromatic N) is 1. The van der Waals surface area contributed by atoms with Crippen molar-refractivity contribution >= 4 is 19.7 Å². The summed E-state index contributed by atoms with van der Waals surface area (Å²) in [5.74, 6) is -0.619. The molecule has 0 aliphatic heterocycles. The summed E-state index contributed by atoms with van der Waals surface area (Å²) in [6.45, 7) is 6.61. The van der Waals surface area contributed by atoms with E-state index in [4.69, 9.17) is 13.8 Å². The molecule has 3 atom stereocenters. The van der Waals surface area contributed by atoms with Crippen LogP contribution < -0.4 is 10.2 Å². The van der Waals surface area contributed by atoms with Crippen molar-refractivity contribution < 1.29 is 37.3 Å². The summed E-state index contributed by atoms with van der Waals surface area (Å²) in [7, 11) is 1.13. The first-order chi connectivity index (χ1) is 32.9. The highest BCUT2D eigenvalue weighted by molar-refractivity contribution is 7.45. The topological polar surface area (TPSA) is 114 Å². The number of allylic oxidation sites excluding steroid dienone is 15. The van der Waals surface area contributed by atoms with Gasteiger partial charge in [-0.2, -0.15) is 0 Å². The second-order valence-corrected chi connectivity index (χ2v) is 20.6. The molecule has 10 heteroatoms. The van der Waals surface area contributed by atoms with E-state index in [-0.39, 0.29) is 31.3 Å². The first-order valence-corrected chi connectivity index (χ1v) is 28.6. The number of ether oxygens (including phenoxy) is 1. The van der Waals surface area contributed by atoms with Gasteiger partial charge in [0.25, 0.3) is 7.82 Å². The van der Waals surface area contributed by atoms with E-state index < -0.39 is 26.6 Å². The number of unbranched alkanes of at least 4 members (excludes halogenated alkanes) is 22. The number of amides is 1. The summed E-state index contributed by atoms with van der Waals surface area (Å²) in [5, 5.41) is 2.99. The average Bonchev–Trinajstić information content (AvgIpc) is 3.29. The molecule has 0 radical (unpaired) electrons. The fourth-order valence-corrected chi connectivity index (χ4v) is 7.92. The summed E-state index contributed by atoms with van der Waals surface area (Å²) in [5.41, 5.74) is 0. The van der Waals surface area contributed by atoms with Gasteiger partial charge in [0.15, 0.2) is 0 Å². The van der Waals surface area contributed by atoms with Crippen LogP contribution in [0.3, 0.4) is 0 Å². The van der Waals surface area contributed by atoms with Crippen molar-refractivity contribution in [2.45, 2.75) is 219 Å². The average molecular weight is 969 g/mol. The largest absolute Gasteiger partial charge is 0.756 e. The highest BCUT2D eigenvalue weighted by atomic mass is 31.2. The minimum absolute atomic E-state index is 0.0374. The standard InChI is InChI=1S/C58H101N2O7P/c1-7-10-13-16-19-22-25-28-29-30-31-33-36-39-42-45-48-51-58(62)67-56(49-46-43-40-37-34-27-24-21-18-15-12-9-3)55(54-66-68(63,64)65-53-52-60(4,5)6)59-57(61)50-47-44-41-38-35-32-26-23-20-17-14-11-8-2/h10,13,16,19,22,25,28-33,35-36,46,49,55-56H,7-9,11-12,14-15,17-18,20-21,23-24,26-27,34,37-45,47-48,50-54H2,1-6H3,(H-,59,61,63,64)/b13-10-,19-16+,25-22+,29-28-,31-30+,35-32-,36-33+,49-46+. The second kappa shape index (κ2) is 47.6. The minimum Gasteiger partial charge on any atom is -0.756 e. The van der Waals surface area contributed by atoms with Crippen LogP contribution in [-0.2, 0) is 27.9 Å². The Labute approximate surface area is 418 Å². The molecule has 1 amide bonds. The van der Waals surface area contributed by atoms with Crippen LogP contribution in [0.5, 0.6) is 0 Å². The molecule has 0 rings (SSSR count). The Morgan fingerprint density at radius 3 is 1.46 bits per heavy atom. The van der Waals surface area contributed by atoms with E-state index >= 15 is 0 Å². The van der Waals surface area contributed by atoms with Gasteiger partial charge in [0.2, 0.25) is 5.91 Å². The third-order valence-corrected chi connectivity index (χ3v) is 12.4. The fraction of sp³-hybridized carbons (Fsp3) is 0.690. The zero-order chi connectivity index (χ0) is 50.1. The van der Waals surface area contributed by atoms with Gasteiger partial charge in [-0.15, -0.1) is 0 Å². The molecule has 0 bridgehead atoms. The van der Waals surface area contributed by atoms with Crippen LogP contribution in [0.1, 0.15) is 207 Å². The normalized spacial score (nSPS) is 14.6. The van der Waals surface area contributed by atoms with E-state index in [9.17, 15) is 19.0 Å². The molecule has 0 aliphatic carbocycles. The van der Waals surface area contributed by atoms with Gasteiger partial charge in [-0.1, -0.05) is 215 Å². The number of hydrogen-bond donors (Lipinski definition) is 1. The molecular weight excluding hydrogens is 868 g/mol. The van der Waals surface area contributed by atoms with E-state index in [1.54, 1.807) is 6.08 Å². The summed E-state index contributed by atoms with van der Waals surface area (Å²) < 4.78 is 30.1. The molecule has 0 fully saturated rings. The zero-order valence-corrected chi connectivity index (χ0v) is 45.2. The quantitative estimate of drug-likeness (QED) is 0.0161. The Morgan fingerprint density at radius 2 is 0.956 bits per heavy atom. The lowest BCUT2D eigenvalue weighted by atomic mass is 10.1. The number of hydrogen-bond acceptors (Lipinski definition) is 7. The van der Waals surface area contributed by atoms with Gasteiger partial charge in [0.1, 0.15) is 19.3 Å². The Hall–Kier alpha value is -3.07. The second-order valence-electron chi connectivity index (χ2n) is 19.1. The number of phosphoric ester groups is 1. The smallest absolute Gasteiger partial charge is 0.306 e. The molecular formula is C58H101N2O7P. The van der Waals surface area contributed by atoms with Gasteiger partial charge < -0.3 is 28.5 Å². The van der Waals surface area contributed by atoms with Gasteiger partial charge in [0.05, 0.1) is 33.8 Å². The maximum Gasteiger partial charge on any atom is 0.306 e.